The predicted octanol–water partition coefficient (Wildman–Crippen LogP) is 3.32. The molecule has 0 saturated heterocycles. The number of hydrogen-bond acceptors (Lipinski definition) is 6. The van der Waals surface area contributed by atoms with E-state index < -0.39 is 27.9 Å². The molecule has 0 spiro atoms. The zero-order valence-corrected chi connectivity index (χ0v) is 19.9. The van der Waals surface area contributed by atoms with Crippen LogP contribution in [0.2, 0.25) is 0 Å². The van der Waals surface area contributed by atoms with Crippen LogP contribution in [0.15, 0.2) is 77.7 Å². The number of methoxy groups -OCH3 is 2. The second-order valence-electron chi connectivity index (χ2n) is 7.54. The summed E-state index contributed by atoms with van der Waals surface area (Å²) in [5.74, 6) is -1.09. The Hall–Kier alpha value is -3.69. The fraction of sp³-hybridized carbons (Fsp3) is 0.200. The Labute approximate surface area is 199 Å². The van der Waals surface area contributed by atoms with Crippen molar-refractivity contribution in [1.82, 2.24) is 4.72 Å². The van der Waals surface area contributed by atoms with Gasteiger partial charge in [0.05, 0.1) is 25.5 Å². The van der Waals surface area contributed by atoms with Crippen LogP contribution in [0.3, 0.4) is 0 Å². The van der Waals surface area contributed by atoms with Gasteiger partial charge in [-0.15, -0.1) is 0 Å². The standard InChI is InChI=1S/C25H26N2O6S/c1-17-13-14-22(32-2)23(15-17)34(30,31)27-21(16-18-9-5-4-6-10-18)24(28)26-20-12-8-7-11-19(20)25(29)33-3/h4-15,21,27H,16H2,1-3H3,(H,26,28). The number of carbonyl (C=O) groups excluding carboxylic acids is 2. The second kappa shape index (κ2) is 11.0. The molecule has 0 aliphatic rings. The number of amides is 1. The van der Waals surface area contributed by atoms with E-state index in [1.807, 2.05) is 6.07 Å². The Balaban J connectivity index is 1.96. The zero-order valence-electron chi connectivity index (χ0n) is 19.1. The maximum absolute atomic E-state index is 13.3. The van der Waals surface area contributed by atoms with Crippen molar-refractivity contribution in [2.75, 3.05) is 19.5 Å². The number of carbonyl (C=O) groups is 2. The first-order valence-corrected chi connectivity index (χ1v) is 11.9. The Morgan fingerprint density at radius 2 is 1.62 bits per heavy atom. The minimum absolute atomic E-state index is 0.0733. The van der Waals surface area contributed by atoms with Gasteiger partial charge in [-0.3, -0.25) is 4.79 Å². The number of nitrogens with one attached hydrogen (secondary N) is 2. The largest absolute Gasteiger partial charge is 0.495 e. The van der Waals surface area contributed by atoms with E-state index >= 15 is 0 Å². The summed E-state index contributed by atoms with van der Waals surface area (Å²) < 4.78 is 39.1. The van der Waals surface area contributed by atoms with E-state index in [2.05, 4.69) is 10.0 Å². The van der Waals surface area contributed by atoms with Crippen LogP contribution in [0.1, 0.15) is 21.5 Å². The Morgan fingerprint density at radius 1 is 0.941 bits per heavy atom. The van der Waals surface area contributed by atoms with Gasteiger partial charge in [-0.1, -0.05) is 48.5 Å². The molecule has 34 heavy (non-hydrogen) atoms. The second-order valence-corrected chi connectivity index (χ2v) is 9.23. The van der Waals surface area contributed by atoms with Crippen molar-refractivity contribution in [3.05, 3.63) is 89.5 Å². The molecule has 3 rings (SSSR count). The molecule has 9 heteroatoms. The SMILES string of the molecule is COC(=O)c1ccccc1NC(=O)C(Cc1ccccc1)NS(=O)(=O)c1cc(C)ccc1OC. The third-order valence-corrected chi connectivity index (χ3v) is 6.59. The number of anilines is 1. The van der Waals surface area contributed by atoms with E-state index in [-0.39, 0.29) is 28.3 Å². The van der Waals surface area contributed by atoms with Crippen LogP contribution < -0.4 is 14.8 Å². The van der Waals surface area contributed by atoms with Gasteiger partial charge in [0.15, 0.2) is 0 Å². The number of sulfonamides is 1. The zero-order chi connectivity index (χ0) is 24.7. The van der Waals surface area contributed by atoms with Crippen molar-refractivity contribution in [3.8, 4) is 5.75 Å². The van der Waals surface area contributed by atoms with Crippen molar-refractivity contribution < 1.29 is 27.5 Å². The molecule has 2 N–H and O–H groups in total. The number of hydrogen-bond donors (Lipinski definition) is 2. The maximum atomic E-state index is 13.3. The van der Waals surface area contributed by atoms with E-state index in [0.717, 1.165) is 11.1 Å². The number of rotatable bonds is 9. The molecule has 0 aliphatic carbocycles. The Kier molecular flexibility index (Phi) is 8.04. The van der Waals surface area contributed by atoms with E-state index in [1.54, 1.807) is 61.5 Å². The fourth-order valence-corrected chi connectivity index (χ4v) is 4.83. The van der Waals surface area contributed by atoms with Crippen LogP contribution in [0.4, 0.5) is 5.69 Å². The van der Waals surface area contributed by atoms with Gasteiger partial charge < -0.3 is 14.8 Å². The number of benzene rings is 3. The van der Waals surface area contributed by atoms with Gasteiger partial charge >= 0.3 is 5.97 Å². The normalized spacial score (nSPS) is 12.0. The van der Waals surface area contributed by atoms with E-state index in [1.165, 1.54) is 26.4 Å². The molecule has 8 nitrogen and oxygen atoms in total. The van der Waals surface area contributed by atoms with Crippen LogP contribution in [-0.2, 0) is 26.0 Å². The number of aryl methyl sites for hydroxylation is 1. The molecule has 0 heterocycles. The molecule has 0 bridgehead atoms. The highest BCUT2D eigenvalue weighted by Crippen LogP contribution is 2.25. The monoisotopic (exact) mass is 482 g/mol. The lowest BCUT2D eigenvalue weighted by molar-refractivity contribution is -0.117. The summed E-state index contributed by atoms with van der Waals surface area (Å²) in [7, 11) is -1.53. The summed E-state index contributed by atoms with van der Waals surface area (Å²) in [4.78, 5) is 25.3. The minimum Gasteiger partial charge on any atom is -0.495 e. The molecule has 1 amide bonds. The third kappa shape index (κ3) is 6.00. The molecule has 0 aromatic heterocycles. The van der Waals surface area contributed by atoms with Crippen molar-refractivity contribution in [2.45, 2.75) is 24.3 Å². The number of esters is 1. The van der Waals surface area contributed by atoms with Gasteiger partial charge in [0.2, 0.25) is 15.9 Å². The van der Waals surface area contributed by atoms with Gasteiger partial charge in [-0.2, -0.15) is 4.72 Å². The lowest BCUT2D eigenvalue weighted by atomic mass is 10.1. The summed E-state index contributed by atoms with van der Waals surface area (Å²) in [6.07, 6.45) is 0.0838. The maximum Gasteiger partial charge on any atom is 0.339 e. The Bertz CT molecular complexity index is 1280. The molecule has 178 valence electrons. The molecule has 3 aromatic rings. The van der Waals surface area contributed by atoms with Crippen LogP contribution in [-0.4, -0.2) is 40.6 Å². The molecule has 0 aliphatic heterocycles. The Morgan fingerprint density at radius 3 is 2.29 bits per heavy atom. The summed E-state index contributed by atoms with van der Waals surface area (Å²) in [6, 6.07) is 18.9. The first-order valence-electron chi connectivity index (χ1n) is 10.4. The number of ether oxygens (including phenoxy) is 2. The lowest BCUT2D eigenvalue weighted by Crippen LogP contribution is -2.45. The lowest BCUT2D eigenvalue weighted by Gasteiger charge is -2.20. The van der Waals surface area contributed by atoms with Gasteiger partial charge in [-0.25, -0.2) is 13.2 Å². The predicted molar refractivity (Wildman–Crippen MR) is 128 cm³/mol. The molecule has 1 unspecified atom stereocenters. The van der Waals surface area contributed by atoms with Crippen LogP contribution in [0, 0.1) is 6.92 Å². The highest BCUT2D eigenvalue weighted by Gasteiger charge is 2.29. The van der Waals surface area contributed by atoms with Gasteiger partial charge in [0.1, 0.15) is 16.7 Å². The first-order chi connectivity index (χ1) is 16.2. The van der Waals surface area contributed by atoms with Crippen molar-refractivity contribution in [1.29, 1.82) is 0 Å². The molecular formula is C25H26N2O6S. The average Bonchev–Trinajstić information content (AvgIpc) is 2.84. The molecule has 0 saturated carbocycles. The van der Waals surface area contributed by atoms with Crippen molar-refractivity contribution >= 4 is 27.6 Å². The quantitative estimate of drug-likeness (QED) is 0.453. The van der Waals surface area contributed by atoms with Gasteiger partial charge in [0, 0.05) is 0 Å². The van der Waals surface area contributed by atoms with Crippen LogP contribution in [0.25, 0.3) is 0 Å². The van der Waals surface area contributed by atoms with E-state index in [4.69, 9.17) is 9.47 Å². The molecule has 3 aromatic carbocycles. The first kappa shape index (κ1) is 24.9. The van der Waals surface area contributed by atoms with Crippen molar-refractivity contribution in [3.63, 3.8) is 0 Å². The van der Waals surface area contributed by atoms with Crippen molar-refractivity contribution in [2.24, 2.45) is 0 Å². The molecule has 1 atom stereocenters. The molecule has 0 fully saturated rings. The van der Waals surface area contributed by atoms with Crippen LogP contribution in [0.5, 0.6) is 5.75 Å². The van der Waals surface area contributed by atoms with E-state index in [9.17, 15) is 18.0 Å². The summed E-state index contributed by atoms with van der Waals surface area (Å²) in [5.41, 5.74) is 1.84. The van der Waals surface area contributed by atoms with Gasteiger partial charge in [-0.05, 0) is 48.7 Å². The highest BCUT2D eigenvalue weighted by atomic mass is 32.2. The fourth-order valence-electron chi connectivity index (χ4n) is 3.38. The van der Waals surface area contributed by atoms with E-state index in [0.29, 0.717) is 0 Å². The van der Waals surface area contributed by atoms with Crippen LogP contribution >= 0.6 is 0 Å². The summed E-state index contributed by atoms with van der Waals surface area (Å²) in [6.45, 7) is 1.76. The summed E-state index contributed by atoms with van der Waals surface area (Å²) in [5, 5.41) is 2.66. The number of para-hydroxylation sites is 1. The molecule has 0 radical (unpaired) electrons. The minimum atomic E-state index is -4.14. The third-order valence-electron chi connectivity index (χ3n) is 5.10. The average molecular weight is 483 g/mol. The smallest absolute Gasteiger partial charge is 0.339 e. The topological polar surface area (TPSA) is 111 Å². The van der Waals surface area contributed by atoms with Gasteiger partial charge in [0.25, 0.3) is 0 Å². The molecular weight excluding hydrogens is 456 g/mol. The highest BCUT2D eigenvalue weighted by molar-refractivity contribution is 7.89. The summed E-state index contributed by atoms with van der Waals surface area (Å²) >= 11 is 0.